The van der Waals surface area contributed by atoms with Crippen LogP contribution in [0.15, 0.2) is 76.4 Å². The molecule has 0 spiro atoms. The monoisotopic (exact) mass is 387 g/mol. The second-order valence-electron chi connectivity index (χ2n) is 6.95. The van der Waals surface area contributed by atoms with Gasteiger partial charge in [-0.3, -0.25) is 14.6 Å². The Morgan fingerprint density at radius 1 is 1.00 bits per heavy atom. The molecule has 7 heteroatoms. The van der Waals surface area contributed by atoms with Crippen LogP contribution in [0, 0.1) is 0 Å². The standard InChI is InChI=1S/C22H21N5O2/c1-14(16-8-4-3-5-9-16)24-22-25-19(12-20(28)26-22)15(2)27-21(29)18-11-7-6-10-17(18)13-23-27/h3-15H,1-2H3,(H2,24,25,26,28). The number of benzene rings is 2. The van der Waals surface area contributed by atoms with Gasteiger partial charge in [-0.05, 0) is 25.5 Å². The van der Waals surface area contributed by atoms with Gasteiger partial charge in [-0.25, -0.2) is 9.67 Å². The SMILES string of the molecule is CC(Nc1nc(C(C)n2ncc3ccccc3c2=O)cc(=O)[nH]1)c1ccccc1. The number of rotatable bonds is 5. The Morgan fingerprint density at radius 2 is 1.72 bits per heavy atom. The zero-order valence-electron chi connectivity index (χ0n) is 16.2. The molecule has 0 amide bonds. The van der Waals surface area contributed by atoms with E-state index >= 15 is 0 Å². The number of aromatic amines is 1. The molecule has 0 bridgehead atoms. The lowest BCUT2D eigenvalue weighted by molar-refractivity contribution is 0.524. The quantitative estimate of drug-likeness (QED) is 0.548. The molecule has 2 aromatic heterocycles. The van der Waals surface area contributed by atoms with Crippen molar-refractivity contribution < 1.29 is 0 Å². The van der Waals surface area contributed by atoms with Gasteiger partial charge >= 0.3 is 0 Å². The number of aromatic nitrogens is 4. The summed E-state index contributed by atoms with van der Waals surface area (Å²) >= 11 is 0. The average molecular weight is 387 g/mol. The Hall–Kier alpha value is -3.74. The van der Waals surface area contributed by atoms with Crippen LogP contribution in [0.2, 0.25) is 0 Å². The van der Waals surface area contributed by atoms with E-state index in [-0.39, 0.29) is 17.2 Å². The molecular weight excluding hydrogens is 366 g/mol. The summed E-state index contributed by atoms with van der Waals surface area (Å²) in [5.74, 6) is 0.351. The number of hydrogen-bond acceptors (Lipinski definition) is 5. The van der Waals surface area contributed by atoms with Gasteiger partial charge < -0.3 is 5.32 Å². The fraction of sp³-hybridized carbons (Fsp3) is 0.182. The highest BCUT2D eigenvalue weighted by Crippen LogP contribution is 2.18. The summed E-state index contributed by atoms with van der Waals surface area (Å²) in [6.07, 6.45) is 1.65. The third kappa shape index (κ3) is 3.80. The first kappa shape index (κ1) is 18.6. The van der Waals surface area contributed by atoms with Crippen LogP contribution >= 0.6 is 0 Å². The number of nitrogens with one attached hydrogen (secondary N) is 2. The summed E-state index contributed by atoms with van der Waals surface area (Å²) in [5.41, 5.74) is 1.02. The lowest BCUT2D eigenvalue weighted by atomic mass is 10.1. The summed E-state index contributed by atoms with van der Waals surface area (Å²) in [6, 6.07) is 18.0. The minimum atomic E-state index is -0.498. The third-order valence-electron chi connectivity index (χ3n) is 4.93. The number of nitrogens with zero attached hydrogens (tertiary/aromatic N) is 3. The van der Waals surface area contributed by atoms with Crippen molar-refractivity contribution in [1.29, 1.82) is 0 Å². The Bertz CT molecular complexity index is 1260. The summed E-state index contributed by atoms with van der Waals surface area (Å²) < 4.78 is 1.36. The Morgan fingerprint density at radius 3 is 2.52 bits per heavy atom. The molecule has 2 atom stereocenters. The van der Waals surface area contributed by atoms with Gasteiger partial charge in [0.25, 0.3) is 11.1 Å². The zero-order chi connectivity index (χ0) is 20.4. The van der Waals surface area contributed by atoms with Crippen molar-refractivity contribution in [2.24, 2.45) is 0 Å². The molecule has 0 fully saturated rings. The second kappa shape index (κ2) is 7.71. The molecule has 0 saturated carbocycles. The topological polar surface area (TPSA) is 92.7 Å². The molecule has 4 aromatic rings. The van der Waals surface area contributed by atoms with Crippen LogP contribution in [-0.4, -0.2) is 19.7 Å². The minimum Gasteiger partial charge on any atom is -0.349 e. The summed E-state index contributed by atoms with van der Waals surface area (Å²) in [7, 11) is 0. The van der Waals surface area contributed by atoms with E-state index < -0.39 is 6.04 Å². The van der Waals surface area contributed by atoms with Gasteiger partial charge in [0.15, 0.2) is 0 Å². The minimum absolute atomic E-state index is 0.0496. The van der Waals surface area contributed by atoms with E-state index in [1.807, 2.05) is 55.5 Å². The van der Waals surface area contributed by atoms with Crippen molar-refractivity contribution in [3.8, 4) is 0 Å². The number of H-pyrrole nitrogens is 1. The van der Waals surface area contributed by atoms with Crippen LogP contribution in [0.4, 0.5) is 5.95 Å². The molecule has 0 radical (unpaired) electrons. The van der Waals surface area contributed by atoms with E-state index in [0.29, 0.717) is 17.0 Å². The van der Waals surface area contributed by atoms with Crippen LogP contribution in [-0.2, 0) is 0 Å². The Kier molecular flexibility index (Phi) is 4.95. The second-order valence-corrected chi connectivity index (χ2v) is 6.95. The molecule has 2 N–H and O–H groups in total. The molecule has 2 aromatic carbocycles. The number of hydrogen-bond donors (Lipinski definition) is 2. The van der Waals surface area contributed by atoms with Gasteiger partial charge in [0, 0.05) is 11.5 Å². The predicted molar refractivity (Wildman–Crippen MR) is 113 cm³/mol. The van der Waals surface area contributed by atoms with Crippen molar-refractivity contribution >= 4 is 16.7 Å². The highest BCUT2D eigenvalue weighted by molar-refractivity contribution is 5.80. The van der Waals surface area contributed by atoms with Crippen molar-refractivity contribution in [2.75, 3.05) is 5.32 Å². The van der Waals surface area contributed by atoms with Gasteiger partial charge in [-0.1, -0.05) is 48.5 Å². The maximum atomic E-state index is 12.8. The molecule has 4 rings (SSSR count). The predicted octanol–water partition coefficient (Wildman–Crippen LogP) is 3.26. The highest BCUT2D eigenvalue weighted by atomic mass is 16.1. The molecule has 2 heterocycles. The molecule has 0 saturated heterocycles. The zero-order valence-corrected chi connectivity index (χ0v) is 16.2. The maximum absolute atomic E-state index is 12.8. The first-order valence-corrected chi connectivity index (χ1v) is 9.42. The first-order chi connectivity index (χ1) is 14.0. The molecule has 2 unspecified atom stereocenters. The van der Waals surface area contributed by atoms with E-state index in [1.165, 1.54) is 10.7 Å². The molecule has 0 aliphatic heterocycles. The summed E-state index contributed by atoms with van der Waals surface area (Å²) in [4.78, 5) is 32.3. The lowest BCUT2D eigenvalue weighted by Crippen LogP contribution is -2.28. The van der Waals surface area contributed by atoms with E-state index in [4.69, 9.17) is 0 Å². The van der Waals surface area contributed by atoms with Crippen LogP contribution in [0.3, 0.4) is 0 Å². The molecule has 0 aliphatic rings. The van der Waals surface area contributed by atoms with Gasteiger partial charge in [-0.15, -0.1) is 0 Å². The third-order valence-corrected chi connectivity index (χ3v) is 4.93. The van der Waals surface area contributed by atoms with Crippen LogP contribution in [0.1, 0.15) is 37.2 Å². The fourth-order valence-electron chi connectivity index (χ4n) is 3.29. The van der Waals surface area contributed by atoms with Gasteiger partial charge in [0.1, 0.15) is 0 Å². The maximum Gasteiger partial charge on any atom is 0.275 e. The van der Waals surface area contributed by atoms with Crippen LogP contribution in [0.5, 0.6) is 0 Å². The first-order valence-electron chi connectivity index (χ1n) is 9.42. The van der Waals surface area contributed by atoms with Gasteiger partial charge in [0.2, 0.25) is 5.95 Å². The average Bonchev–Trinajstić information content (AvgIpc) is 2.74. The van der Waals surface area contributed by atoms with E-state index in [1.54, 1.807) is 19.2 Å². The van der Waals surface area contributed by atoms with Crippen LogP contribution in [0.25, 0.3) is 10.8 Å². The van der Waals surface area contributed by atoms with E-state index in [0.717, 1.165) is 10.9 Å². The molecule has 146 valence electrons. The highest BCUT2D eigenvalue weighted by Gasteiger charge is 2.16. The number of fused-ring (bicyclic) bond motifs is 1. The Balaban J connectivity index is 1.68. The smallest absolute Gasteiger partial charge is 0.275 e. The molecule has 0 aliphatic carbocycles. The summed E-state index contributed by atoms with van der Waals surface area (Å²) in [6.45, 7) is 3.79. The fourth-order valence-corrected chi connectivity index (χ4v) is 3.29. The van der Waals surface area contributed by atoms with Crippen LogP contribution < -0.4 is 16.4 Å². The molecule has 29 heavy (non-hydrogen) atoms. The lowest BCUT2D eigenvalue weighted by Gasteiger charge is -2.17. The van der Waals surface area contributed by atoms with E-state index in [2.05, 4.69) is 20.4 Å². The van der Waals surface area contributed by atoms with Crippen molar-refractivity contribution in [2.45, 2.75) is 25.9 Å². The van der Waals surface area contributed by atoms with Crippen molar-refractivity contribution in [3.05, 3.63) is 98.8 Å². The Labute approximate surface area is 167 Å². The van der Waals surface area contributed by atoms with Crippen molar-refractivity contribution in [1.82, 2.24) is 19.7 Å². The van der Waals surface area contributed by atoms with E-state index in [9.17, 15) is 9.59 Å². The largest absolute Gasteiger partial charge is 0.349 e. The summed E-state index contributed by atoms with van der Waals surface area (Å²) in [5, 5.41) is 8.85. The number of anilines is 1. The normalized spacial score (nSPS) is 13.2. The molecule has 7 nitrogen and oxygen atoms in total. The molecular formula is C22H21N5O2. The van der Waals surface area contributed by atoms with Gasteiger partial charge in [-0.2, -0.15) is 5.10 Å². The van der Waals surface area contributed by atoms with Gasteiger partial charge in [0.05, 0.1) is 29.4 Å². The van der Waals surface area contributed by atoms with Crippen molar-refractivity contribution in [3.63, 3.8) is 0 Å².